The lowest BCUT2D eigenvalue weighted by Crippen LogP contribution is -1.93. The number of rotatable bonds is 2. The summed E-state index contributed by atoms with van der Waals surface area (Å²) < 4.78 is 0. The first-order valence-electron chi connectivity index (χ1n) is 5.10. The second kappa shape index (κ2) is 3.79. The molecule has 1 aromatic rings. The van der Waals surface area contributed by atoms with Crippen molar-refractivity contribution in [1.29, 1.82) is 0 Å². The van der Waals surface area contributed by atoms with Crippen LogP contribution in [0.15, 0.2) is 40.9 Å². The molecule has 0 spiro atoms. The molecule has 1 aromatic carbocycles. The van der Waals surface area contributed by atoms with Gasteiger partial charge in [-0.1, -0.05) is 30.7 Å². The van der Waals surface area contributed by atoms with Gasteiger partial charge >= 0.3 is 0 Å². The fourth-order valence-corrected chi connectivity index (χ4v) is 1.66. The van der Waals surface area contributed by atoms with Crippen molar-refractivity contribution in [2.24, 2.45) is 4.99 Å². The summed E-state index contributed by atoms with van der Waals surface area (Å²) >= 11 is 0. The van der Waals surface area contributed by atoms with Crippen LogP contribution >= 0.6 is 0 Å². The zero-order chi connectivity index (χ0) is 9.97. The van der Waals surface area contributed by atoms with Gasteiger partial charge in [-0.15, -0.1) is 0 Å². The van der Waals surface area contributed by atoms with Crippen LogP contribution in [0.3, 0.4) is 0 Å². The summed E-state index contributed by atoms with van der Waals surface area (Å²) in [6, 6.07) is 8.52. The molecular weight excluding hydrogens is 170 g/mol. The van der Waals surface area contributed by atoms with Crippen molar-refractivity contribution in [3.8, 4) is 0 Å². The molecular formula is C13H15N. The Morgan fingerprint density at radius 2 is 2.21 bits per heavy atom. The molecule has 0 fully saturated rings. The Balaban J connectivity index is 2.29. The topological polar surface area (TPSA) is 12.4 Å². The zero-order valence-corrected chi connectivity index (χ0v) is 8.75. The predicted octanol–water partition coefficient (Wildman–Crippen LogP) is 3.13. The first kappa shape index (κ1) is 9.20. The minimum Gasteiger partial charge on any atom is -0.280 e. The van der Waals surface area contributed by atoms with Gasteiger partial charge in [0.15, 0.2) is 0 Å². The van der Waals surface area contributed by atoms with E-state index in [-0.39, 0.29) is 0 Å². The van der Waals surface area contributed by atoms with Crippen LogP contribution in [-0.4, -0.2) is 12.3 Å². The second-order valence-corrected chi connectivity index (χ2v) is 3.73. The molecule has 72 valence electrons. The second-order valence-electron chi connectivity index (χ2n) is 3.73. The molecule has 1 aliphatic rings. The molecule has 0 amide bonds. The van der Waals surface area contributed by atoms with Gasteiger partial charge in [-0.05, 0) is 36.6 Å². The number of aryl methyl sites for hydroxylation is 1. The number of benzene rings is 1. The molecule has 0 unspecified atom stereocenters. The summed E-state index contributed by atoms with van der Waals surface area (Å²) in [4.78, 5) is 4.52. The molecule has 1 aliphatic heterocycles. The average Bonchev–Trinajstić information content (AvgIpc) is 2.66. The lowest BCUT2D eigenvalue weighted by atomic mass is 10.1. The van der Waals surface area contributed by atoms with Crippen LogP contribution in [0, 0.1) is 6.92 Å². The van der Waals surface area contributed by atoms with Crippen LogP contribution in [0.4, 0.5) is 0 Å². The van der Waals surface area contributed by atoms with E-state index in [9.17, 15) is 0 Å². The van der Waals surface area contributed by atoms with Gasteiger partial charge in [0, 0.05) is 0 Å². The largest absolute Gasteiger partial charge is 0.280 e. The predicted molar refractivity (Wildman–Crippen MR) is 61.0 cm³/mol. The highest BCUT2D eigenvalue weighted by Gasteiger charge is 2.08. The van der Waals surface area contributed by atoms with E-state index in [1.165, 1.54) is 16.7 Å². The third kappa shape index (κ3) is 1.77. The molecule has 0 saturated carbocycles. The summed E-state index contributed by atoms with van der Waals surface area (Å²) in [6.07, 6.45) is 3.33. The number of nitrogens with zero attached hydrogens (tertiary/aromatic N) is 1. The summed E-state index contributed by atoms with van der Waals surface area (Å²) in [5.41, 5.74) is 5.11. The standard InChI is InChI=1S/C13H15N/c1-3-11-8-13(14-9-11)12-6-4-5-10(2)7-12/h4-8H,3,9H2,1-2H3. The lowest BCUT2D eigenvalue weighted by molar-refractivity contribution is 1.03. The van der Waals surface area contributed by atoms with Gasteiger partial charge in [0.2, 0.25) is 0 Å². The molecule has 14 heavy (non-hydrogen) atoms. The highest BCUT2D eigenvalue weighted by Crippen LogP contribution is 2.15. The van der Waals surface area contributed by atoms with Crippen LogP contribution in [0.2, 0.25) is 0 Å². The maximum absolute atomic E-state index is 4.52. The Kier molecular flexibility index (Phi) is 2.49. The van der Waals surface area contributed by atoms with Crippen molar-refractivity contribution < 1.29 is 0 Å². The van der Waals surface area contributed by atoms with E-state index in [1.807, 2.05) is 0 Å². The highest BCUT2D eigenvalue weighted by atomic mass is 14.8. The zero-order valence-electron chi connectivity index (χ0n) is 8.75. The third-order valence-corrected chi connectivity index (χ3v) is 2.56. The number of allylic oxidation sites excluding steroid dienone is 1. The molecule has 1 heteroatoms. The van der Waals surface area contributed by atoms with Gasteiger partial charge < -0.3 is 0 Å². The normalized spacial score (nSPS) is 15.3. The van der Waals surface area contributed by atoms with Crippen LogP contribution in [-0.2, 0) is 0 Å². The molecule has 0 bridgehead atoms. The Hall–Kier alpha value is -1.37. The van der Waals surface area contributed by atoms with Gasteiger partial charge in [-0.25, -0.2) is 0 Å². The van der Waals surface area contributed by atoms with Gasteiger partial charge in [-0.2, -0.15) is 0 Å². The smallest absolute Gasteiger partial charge is 0.0650 e. The number of aliphatic imine (C=N–C) groups is 1. The molecule has 0 atom stereocenters. The van der Waals surface area contributed by atoms with E-state index in [0.717, 1.165) is 18.7 Å². The van der Waals surface area contributed by atoms with Crippen LogP contribution in [0.5, 0.6) is 0 Å². The van der Waals surface area contributed by atoms with E-state index in [4.69, 9.17) is 0 Å². The van der Waals surface area contributed by atoms with E-state index < -0.39 is 0 Å². The van der Waals surface area contributed by atoms with Gasteiger partial charge in [0.25, 0.3) is 0 Å². The Labute approximate surface area is 85.2 Å². The van der Waals surface area contributed by atoms with Crippen LogP contribution in [0.1, 0.15) is 24.5 Å². The molecule has 0 radical (unpaired) electrons. The van der Waals surface area contributed by atoms with Crippen LogP contribution in [0.25, 0.3) is 0 Å². The van der Waals surface area contributed by atoms with Gasteiger partial charge in [0.05, 0.1) is 12.3 Å². The van der Waals surface area contributed by atoms with E-state index >= 15 is 0 Å². The molecule has 0 aromatic heterocycles. The quantitative estimate of drug-likeness (QED) is 0.671. The van der Waals surface area contributed by atoms with Crippen molar-refractivity contribution in [3.63, 3.8) is 0 Å². The van der Waals surface area contributed by atoms with Crippen molar-refractivity contribution in [2.75, 3.05) is 6.54 Å². The van der Waals surface area contributed by atoms with E-state index in [2.05, 4.69) is 49.2 Å². The fourth-order valence-electron chi connectivity index (χ4n) is 1.66. The third-order valence-electron chi connectivity index (χ3n) is 2.56. The monoisotopic (exact) mass is 185 g/mol. The summed E-state index contributed by atoms with van der Waals surface area (Å²) in [6.45, 7) is 5.18. The fraction of sp³-hybridized carbons (Fsp3) is 0.308. The molecule has 2 rings (SSSR count). The van der Waals surface area contributed by atoms with Crippen molar-refractivity contribution in [3.05, 3.63) is 47.0 Å². The maximum atomic E-state index is 4.52. The summed E-state index contributed by atoms with van der Waals surface area (Å²) in [5.74, 6) is 0. The molecule has 0 aliphatic carbocycles. The summed E-state index contributed by atoms with van der Waals surface area (Å²) in [7, 11) is 0. The lowest BCUT2D eigenvalue weighted by Gasteiger charge is -1.99. The Morgan fingerprint density at radius 3 is 2.86 bits per heavy atom. The molecule has 1 heterocycles. The highest BCUT2D eigenvalue weighted by molar-refractivity contribution is 6.10. The molecule has 0 N–H and O–H groups in total. The van der Waals surface area contributed by atoms with Gasteiger partial charge in [-0.3, -0.25) is 4.99 Å². The minimum absolute atomic E-state index is 0.889. The number of hydrogen-bond donors (Lipinski definition) is 0. The number of hydrogen-bond acceptors (Lipinski definition) is 1. The van der Waals surface area contributed by atoms with Gasteiger partial charge in [0.1, 0.15) is 0 Å². The van der Waals surface area contributed by atoms with Crippen molar-refractivity contribution in [2.45, 2.75) is 20.3 Å². The van der Waals surface area contributed by atoms with E-state index in [0.29, 0.717) is 0 Å². The van der Waals surface area contributed by atoms with E-state index in [1.54, 1.807) is 0 Å². The Morgan fingerprint density at radius 1 is 1.36 bits per heavy atom. The maximum Gasteiger partial charge on any atom is 0.0650 e. The minimum atomic E-state index is 0.889. The first-order chi connectivity index (χ1) is 6.79. The van der Waals surface area contributed by atoms with Crippen molar-refractivity contribution >= 4 is 5.71 Å². The first-order valence-corrected chi connectivity index (χ1v) is 5.10. The van der Waals surface area contributed by atoms with Crippen molar-refractivity contribution in [1.82, 2.24) is 0 Å². The average molecular weight is 185 g/mol. The molecule has 0 saturated heterocycles. The van der Waals surface area contributed by atoms with Crippen LogP contribution < -0.4 is 0 Å². The molecule has 1 nitrogen and oxygen atoms in total. The Bertz CT molecular complexity index is 399. The summed E-state index contributed by atoms with van der Waals surface area (Å²) in [5, 5.41) is 0. The SMILES string of the molecule is CCC1=CC(c2cccc(C)c2)=NC1.